The number of carbonyl (C=O) groups is 1. The van der Waals surface area contributed by atoms with Crippen LogP contribution in [-0.4, -0.2) is 27.2 Å². The minimum atomic E-state index is -5.21. The molecule has 0 atom stereocenters. The molecule has 0 aliphatic heterocycles. The molecule has 0 aliphatic rings. The Morgan fingerprint density at radius 2 is 1.45 bits per heavy atom. The molecule has 4 aromatic rings. The molecule has 8 nitrogen and oxygen atoms in total. The number of hydrogen-bond donors (Lipinski definition) is 1. The third kappa shape index (κ3) is 4.46. The van der Waals surface area contributed by atoms with E-state index in [1.165, 1.54) is 54.6 Å². The Hall–Kier alpha value is -3.31. The number of ketones is 1. The molecule has 4 rings (SSSR count). The SMILES string of the molecule is O=C(c1ccccc1)c1oc2cccc(Cl)c2c(=NS(=O)(=O)c2ccccc2)c1S(=O)(=O)O. The van der Waals surface area contributed by atoms with Gasteiger partial charge in [-0.05, 0) is 24.3 Å². The fraction of sp³-hybridized carbons (Fsp3) is 0. The highest BCUT2D eigenvalue weighted by molar-refractivity contribution is 7.90. The van der Waals surface area contributed by atoms with Gasteiger partial charge in [-0.2, -0.15) is 21.2 Å². The zero-order valence-corrected chi connectivity index (χ0v) is 18.9. The van der Waals surface area contributed by atoms with E-state index in [2.05, 4.69) is 4.40 Å². The number of carbonyl (C=O) groups excluding carboxylic acids is 1. The van der Waals surface area contributed by atoms with Crippen molar-refractivity contribution in [1.82, 2.24) is 0 Å². The van der Waals surface area contributed by atoms with E-state index in [1.54, 1.807) is 24.3 Å². The molecule has 0 spiro atoms. The number of rotatable bonds is 5. The summed E-state index contributed by atoms with van der Waals surface area (Å²) in [5, 5.41) is -1.02. The van der Waals surface area contributed by atoms with Crippen molar-refractivity contribution >= 4 is 48.5 Å². The van der Waals surface area contributed by atoms with E-state index in [9.17, 15) is 26.2 Å². The topological polar surface area (TPSA) is 131 Å². The Labute approximate surface area is 193 Å². The first-order chi connectivity index (χ1) is 15.6. The fourth-order valence-corrected chi connectivity index (χ4v) is 5.26. The van der Waals surface area contributed by atoms with Crippen LogP contribution in [0.5, 0.6) is 0 Å². The van der Waals surface area contributed by atoms with Crippen LogP contribution in [-0.2, 0) is 20.1 Å². The number of nitrogens with zero attached hydrogens (tertiary/aromatic N) is 1. The first kappa shape index (κ1) is 22.9. The largest absolute Gasteiger partial charge is 0.451 e. The lowest BCUT2D eigenvalue weighted by Gasteiger charge is -2.10. The van der Waals surface area contributed by atoms with Crippen molar-refractivity contribution in [2.45, 2.75) is 9.79 Å². The molecule has 0 saturated heterocycles. The van der Waals surface area contributed by atoms with E-state index in [-0.39, 0.29) is 26.5 Å². The number of halogens is 1. The van der Waals surface area contributed by atoms with Gasteiger partial charge in [-0.15, -0.1) is 0 Å². The number of benzene rings is 3. The summed E-state index contributed by atoms with van der Waals surface area (Å²) in [5.74, 6) is -1.71. The molecule has 168 valence electrons. The lowest BCUT2D eigenvalue weighted by molar-refractivity contribution is 0.100. The van der Waals surface area contributed by atoms with E-state index in [0.717, 1.165) is 0 Å². The Kier molecular flexibility index (Phi) is 5.93. The Bertz CT molecular complexity index is 1660. The van der Waals surface area contributed by atoms with E-state index in [1.807, 2.05) is 0 Å². The van der Waals surface area contributed by atoms with Gasteiger partial charge in [-0.1, -0.05) is 66.2 Å². The lowest BCUT2D eigenvalue weighted by Crippen LogP contribution is -2.23. The summed E-state index contributed by atoms with van der Waals surface area (Å²) in [6.07, 6.45) is 0. The molecule has 0 unspecified atom stereocenters. The smallest absolute Gasteiger partial charge is 0.300 e. The first-order valence-corrected chi connectivity index (χ1v) is 12.5. The van der Waals surface area contributed by atoms with Crippen molar-refractivity contribution in [3.63, 3.8) is 0 Å². The second-order valence-electron chi connectivity index (χ2n) is 6.77. The quantitative estimate of drug-likeness (QED) is 0.323. The van der Waals surface area contributed by atoms with Crippen LogP contribution in [0.15, 0.2) is 97.5 Å². The highest BCUT2D eigenvalue weighted by atomic mass is 35.5. The highest BCUT2D eigenvalue weighted by Gasteiger charge is 2.30. The van der Waals surface area contributed by atoms with Crippen molar-refractivity contribution < 1.29 is 30.6 Å². The molecule has 0 aliphatic carbocycles. The summed E-state index contributed by atoms with van der Waals surface area (Å²) in [5.41, 5.74) is -0.0550. The maximum absolute atomic E-state index is 13.1. The van der Waals surface area contributed by atoms with Crippen LogP contribution in [0.2, 0.25) is 5.02 Å². The van der Waals surface area contributed by atoms with Gasteiger partial charge in [0.25, 0.3) is 10.0 Å². The summed E-state index contributed by atoms with van der Waals surface area (Å²) < 4.78 is 70.1. The van der Waals surface area contributed by atoms with Gasteiger partial charge in [0.1, 0.15) is 10.9 Å². The molecular formula is C22H14ClNO7S2. The minimum Gasteiger partial charge on any atom is -0.451 e. The van der Waals surface area contributed by atoms with Crippen LogP contribution in [0.3, 0.4) is 0 Å². The molecule has 11 heteroatoms. The summed E-state index contributed by atoms with van der Waals surface area (Å²) in [7, 11) is -9.68. The Morgan fingerprint density at radius 3 is 2.06 bits per heavy atom. The second kappa shape index (κ2) is 8.56. The van der Waals surface area contributed by atoms with Crippen molar-refractivity contribution in [3.8, 4) is 0 Å². The van der Waals surface area contributed by atoms with Crippen molar-refractivity contribution in [1.29, 1.82) is 0 Å². The van der Waals surface area contributed by atoms with Crippen LogP contribution in [0.1, 0.15) is 16.1 Å². The van der Waals surface area contributed by atoms with Crippen molar-refractivity contribution in [3.05, 3.63) is 101 Å². The molecule has 0 radical (unpaired) electrons. The molecule has 0 saturated carbocycles. The molecule has 33 heavy (non-hydrogen) atoms. The van der Waals surface area contributed by atoms with Crippen LogP contribution in [0, 0.1) is 0 Å². The Morgan fingerprint density at radius 1 is 0.848 bits per heavy atom. The third-order valence-corrected chi connectivity index (χ3v) is 7.10. The Balaban J connectivity index is 2.21. The summed E-state index contributed by atoms with van der Waals surface area (Å²) in [4.78, 5) is 11.8. The van der Waals surface area contributed by atoms with Gasteiger partial charge < -0.3 is 4.42 Å². The van der Waals surface area contributed by atoms with Gasteiger partial charge in [0.05, 0.1) is 15.3 Å². The van der Waals surface area contributed by atoms with Gasteiger partial charge in [0, 0.05) is 5.56 Å². The predicted molar refractivity (Wildman–Crippen MR) is 120 cm³/mol. The van der Waals surface area contributed by atoms with Gasteiger partial charge in [0.15, 0.2) is 10.7 Å². The summed E-state index contributed by atoms with van der Waals surface area (Å²) in [6, 6.07) is 18.8. The van der Waals surface area contributed by atoms with Crippen LogP contribution < -0.4 is 5.36 Å². The van der Waals surface area contributed by atoms with E-state index < -0.39 is 41.9 Å². The molecule has 1 N–H and O–H groups in total. The fourth-order valence-electron chi connectivity index (χ4n) is 3.16. The average Bonchev–Trinajstić information content (AvgIpc) is 2.78. The predicted octanol–water partition coefficient (Wildman–Crippen LogP) is 3.85. The maximum atomic E-state index is 13.1. The monoisotopic (exact) mass is 503 g/mol. The number of fused-ring (bicyclic) bond motifs is 1. The second-order valence-corrected chi connectivity index (χ2v) is 10.1. The van der Waals surface area contributed by atoms with Crippen LogP contribution in [0.25, 0.3) is 11.0 Å². The van der Waals surface area contributed by atoms with Gasteiger partial charge >= 0.3 is 10.1 Å². The van der Waals surface area contributed by atoms with E-state index >= 15 is 0 Å². The van der Waals surface area contributed by atoms with E-state index in [0.29, 0.717) is 0 Å². The molecule has 0 bridgehead atoms. The third-order valence-electron chi connectivity index (χ3n) is 4.60. The zero-order chi connectivity index (χ0) is 23.8. The first-order valence-electron chi connectivity index (χ1n) is 9.28. The molecule has 0 fully saturated rings. The highest BCUT2D eigenvalue weighted by Crippen LogP contribution is 2.27. The summed E-state index contributed by atoms with van der Waals surface area (Å²) >= 11 is 6.23. The number of sulfonamides is 1. The maximum Gasteiger partial charge on any atom is 0.300 e. The molecule has 1 heterocycles. The normalized spacial score (nSPS) is 12.7. The van der Waals surface area contributed by atoms with Crippen LogP contribution in [0.4, 0.5) is 0 Å². The molecule has 0 amide bonds. The van der Waals surface area contributed by atoms with Crippen molar-refractivity contribution in [2.75, 3.05) is 0 Å². The standard InChI is InChI=1S/C22H14ClNO7S2/c23-16-12-7-13-17-18(16)19(24-32(26,27)15-10-5-2-6-11-15)22(33(28,29)30)21(31-17)20(25)14-8-3-1-4-9-14/h1-13H,(H,28,29,30). The molecule has 1 aromatic heterocycles. The molecular weight excluding hydrogens is 490 g/mol. The zero-order valence-electron chi connectivity index (χ0n) is 16.5. The summed E-state index contributed by atoms with van der Waals surface area (Å²) in [6.45, 7) is 0. The van der Waals surface area contributed by atoms with Gasteiger partial charge in [-0.25, -0.2) is 0 Å². The van der Waals surface area contributed by atoms with E-state index in [4.69, 9.17) is 16.0 Å². The van der Waals surface area contributed by atoms with Gasteiger partial charge in [0.2, 0.25) is 5.78 Å². The van der Waals surface area contributed by atoms with Crippen molar-refractivity contribution in [2.24, 2.45) is 4.40 Å². The van der Waals surface area contributed by atoms with Gasteiger partial charge in [-0.3, -0.25) is 9.35 Å². The number of hydrogen-bond acceptors (Lipinski definition) is 6. The minimum absolute atomic E-state index is 0.0457. The average molecular weight is 504 g/mol. The molecule has 3 aromatic carbocycles. The van der Waals surface area contributed by atoms with Crippen LogP contribution >= 0.6 is 11.6 Å². The lowest BCUT2D eigenvalue weighted by atomic mass is 10.1.